The second-order valence-corrected chi connectivity index (χ2v) is 12.7. The van der Waals surface area contributed by atoms with E-state index < -0.39 is 0 Å². The summed E-state index contributed by atoms with van der Waals surface area (Å²) in [6.45, 7) is 3.83. The van der Waals surface area contributed by atoms with E-state index >= 15 is 0 Å². The van der Waals surface area contributed by atoms with Crippen LogP contribution in [0.5, 0.6) is 0 Å². The number of nitrogens with zero attached hydrogens (tertiary/aromatic N) is 12. The highest BCUT2D eigenvalue weighted by Gasteiger charge is 2.22. The summed E-state index contributed by atoms with van der Waals surface area (Å²) >= 11 is 9.94. The SMILES string of the molecule is CCCNc1nc(-n2cccn2)nc(N)c1Br.Nc1nc(-n2cccn2)nc(N)c1Br.Nc1nc(-n2cccn2)nc(NCC2CC2)c1Br. The molecule has 21 heteroatoms. The van der Waals surface area contributed by atoms with E-state index in [1.54, 1.807) is 58.7 Å². The van der Waals surface area contributed by atoms with Gasteiger partial charge in [-0.25, -0.2) is 14.0 Å². The Morgan fingerprint density at radius 3 is 1.37 bits per heavy atom. The summed E-state index contributed by atoms with van der Waals surface area (Å²) in [5.74, 6) is 4.84. The van der Waals surface area contributed by atoms with Gasteiger partial charge in [0.15, 0.2) is 0 Å². The monoisotopic (exact) mass is 858 g/mol. The minimum absolute atomic E-state index is 0.294. The van der Waals surface area contributed by atoms with E-state index in [0.29, 0.717) is 60.4 Å². The van der Waals surface area contributed by atoms with Crippen LogP contribution in [0.15, 0.2) is 68.8 Å². The van der Waals surface area contributed by atoms with Crippen molar-refractivity contribution in [1.29, 1.82) is 0 Å². The zero-order valence-corrected chi connectivity index (χ0v) is 30.9. The summed E-state index contributed by atoms with van der Waals surface area (Å²) in [7, 11) is 0. The third-order valence-corrected chi connectivity index (χ3v) is 8.92. The minimum atomic E-state index is 0.294. The van der Waals surface area contributed by atoms with E-state index in [0.717, 1.165) is 31.2 Å². The van der Waals surface area contributed by atoms with Gasteiger partial charge in [-0.15, -0.1) is 0 Å². The fraction of sp³-hybridized carbons (Fsp3) is 0.250. The number of hydrogen-bond acceptors (Lipinski definition) is 15. The lowest BCUT2D eigenvalue weighted by atomic mass is 10.4. The molecular formula is C28H33Br3N18. The Morgan fingerprint density at radius 1 is 0.612 bits per heavy atom. The van der Waals surface area contributed by atoms with Gasteiger partial charge < -0.3 is 33.6 Å². The van der Waals surface area contributed by atoms with Gasteiger partial charge in [0.1, 0.15) is 48.3 Å². The predicted octanol–water partition coefficient (Wildman–Crippen LogP) is 4.25. The maximum Gasteiger partial charge on any atom is 0.254 e. The van der Waals surface area contributed by atoms with Crippen LogP contribution >= 0.6 is 47.8 Å². The normalized spacial score (nSPS) is 12.0. The van der Waals surface area contributed by atoms with E-state index in [1.165, 1.54) is 17.5 Å². The molecule has 0 amide bonds. The summed E-state index contributed by atoms with van der Waals surface area (Å²) in [6, 6.07) is 5.39. The van der Waals surface area contributed by atoms with Crippen LogP contribution in [0, 0.1) is 5.92 Å². The molecular weight excluding hydrogens is 828 g/mol. The smallest absolute Gasteiger partial charge is 0.254 e. The van der Waals surface area contributed by atoms with Crippen molar-refractivity contribution >= 4 is 82.7 Å². The van der Waals surface area contributed by atoms with Crippen LogP contribution in [0.2, 0.25) is 0 Å². The lowest BCUT2D eigenvalue weighted by molar-refractivity contribution is 0.804. The van der Waals surface area contributed by atoms with Gasteiger partial charge in [0.2, 0.25) is 0 Å². The number of aromatic nitrogens is 12. The predicted molar refractivity (Wildman–Crippen MR) is 198 cm³/mol. The summed E-state index contributed by atoms with van der Waals surface area (Å²) in [6.07, 6.45) is 13.8. The standard InChI is InChI=1S/C11H13BrN6.C10H13BrN6.C7H7BrN6/c12-8-9(13)16-11(18-5-1-4-15-18)17-10(8)14-6-7-2-3-7;1-2-4-13-9-7(11)8(12)15-10(16-9)17-6-3-5-14-17;8-4-5(9)12-7(13-6(4)10)14-3-1-2-11-14/h1,4-5,7H,2-3,6H2,(H3,13,14,16,17);3,5-6H,2,4H2,1H3,(H3,12,13,15,16);1-3H,(H4,9,10,12,13). The molecule has 1 aliphatic rings. The van der Waals surface area contributed by atoms with Crippen LogP contribution in [0.1, 0.15) is 26.2 Å². The van der Waals surface area contributed by atoms with Crippen LogP contribution < -0.4 is 33.6 Å². The second kappa shape index (κ2) is 16.5. The number of nitrogens with one attached hydrogen (secondary N) is 2. The average Bonchev–Trinajstić information content (AvgIpc) is 3.54. The van der Waals surface area contributed by atoms with Gasteiger partial charge in [0.25, 0.3) is 17.8 Å². The number of nitrogen functional groups attached to an aromatic ring is 4. The Morgan fingerprint density at radius 2 is 1.00 bits per heavy atom. The largest absolute Gasteiger partial charge is 0.383 e. The third-order valence-electron chi connectivity index (χ3n) is 6.55. The van der Waals surface area contributed by atoms with Crippen LogP contribution in [-0.2, 0) is 0 Å². The van der Waals surface area contributed by atoms with Gasteiger partial charge in [-0.2, -0.15) is 45.2 Å². The number of anilines is 6. The lowest BCUT2D eigenvalue weighted by Gasteiger charge is -2.10. The molecule has 0 unspecified atom stereocenters. The Bertz CT molecular complexity index is 1920. The van der Waals surface area contributed by atoms with Crippen LogP contribution in [0.3, 0.4) is 0 Å². The Kier molecular flexibility index (Phi) is 11.9. The number of nitrogens with two attached hydrogens (primary N) is 4. The van der Waals surface area contributed by atoms with Crippen molar-refractivity contribution in [2.24, 2.45) is 5.92 Å². The fourth-order valence-electron chi connectivity index (χ4n) is 3.88. The topological polar surface area (TPSA) is 259 Å². The molecule has 0 spiro atoms. The molecule has 0 aliphatic heterocycles. The van der Waals surface area contributed by atoms with Crippen molar-refractivity contribution in [2.75, 3.05) is 46.7 Å². The van der Waals surface area contributed by atoms with Gasteiger partial charge in [0.05, 0.1) is 0 Å². The zero-order chi connectivity index (χ0) is 34.9. The molecule has 6 aromatic heterocycles. The van der Waals surface area contributed by atoms with Crippen molar-refractivity contribution in [3.05, 3.63) is 68.8 Å². The van der Waals surface area contributed by atoms with Gasteiger partial charge in [-0.05, 0) is 91.2 Å². The number of hydrogen-bond donors (Lipinski definition) is 6. The number of halogens is 3. The molecule has 49 heavy (non-hydrogen) atoms. The highest BCUT2D eigenvalue weighted by molar-refractivity contribution is 9.11. The highest BCUT2D eigenvalue weighted by Crippen LogP contribution is 2.31. The van der Waals surface area contributed by atoms with Crippen LogP contribution in [0.25, 0.3) is 17.8 Å². The van der Waals surface area contributed by atoms with Gasteiger partial charge in [-0.3, -0.25) is 0 Å². The van der Waals surface area contributed by atoms with Crippen molar-refractivity contribution in [3.8, 4) is 17.8 Å². The molecule has 10 N–H and O–H groups in total. The molecule has 6 aromatic rings. The molecule has 1 aliphatic carbocycles. The first-order valence-electron chi connectivity index (χ1n) is 14.9. The zero-order valence-electron chi connectivity index (χ0n) is 26.1. The first kappa shape index (κ1) is 35.4. The molecule has 6 heterocycles. The molecule has 18 nitrogen and oxygen atoms in total. The van der Waals surface area contributed by atoms with E-state index in [9.17, 15) is 0 Å². The van der Waals surface area contributed by atoms with Gasteiger partial charge >= 0.3 is 0 Å². The summed E-state index contributed by atoms with van der Waals surface area (Å²) < 4.78 is 6.54. The fourth-order valence-corrected chi connectivity index (χ4v) is 4.70. The molecule has 256 valence electrons. The van der Waals surface area contributed by atoms with Gasteiger partial charge in [0, 0.05) is 50.3 Å². The average molecular weight is 861 g/mol. The number of rotatable bonds is 9. The van der Waals surface area contributed by atoms with Crippen LogP contribution in [0.4, 0.5) is 34.9 Å². The first-order chi connectivity index (χ1) is 23.6. The van der Waals surface area contributed by atoms with Crippen molar-refractivity contribution in [1.82, 2.24) is 59.2 Å². The third kappa shape index (κ3) is 9.38. The Balaban J connectivity index is 0.000000145. The molecule has 0 atom stereocenters. The molecule has 0 radical (unpaired) electrons. The molecule has 1 fully saturated rings. The molecule has 0 saturated heterocycles. The minimum Gasteiger partial charge on any atom is -0.383 e. The molecule has 0 aromatic carbocycles. The Hall–Kier alpha value is -4.89. The lowest BCUT2D eigenvalue weighted by Crippen LogP contribution is -2.11. The molecule has 0 bridgehead atoms. The maximum atomic E-state index is 5.87. The summed E-state index contributed by atoms with van der Waals surface area (Å²) in [5, 5.41) is 18.6. The highest BCUT2D eigenvalue weighted by atomic mass is 79.9. The van der Waals surface area contributed by atoms with Crippen molar-refractivity contribution in [3.63, 3.8) is 0 Å². The molecule has 1 saturated carbocycles. The van der Waals surface area contributed by atoms with Crippen molar-refractivity contribution in [2.45, 2.75) is 26.2 Å². The van der Waals surface area contributed by atoms with E-state index in [2.05, 4.69) is 111 Å². The second-order valence-electron chi connectivity index (χ2n) is 10.4. The first-order valence-corrected chi connectivity index (χ1v) is 17.2. The van der Waals surface area contributed by atoms with Crippen LogP contribution in [-0.4, -0.2) is 72.3 Å². The van der Waals surface area contributed by atoms with E-state index in [-0.39, 0.29) is 0 Å². The maximum absolute atomic E-state index is 5.87. The summed E-state index contributed by atoms with van der Waals surface area (Å²) in [4.78, 5) is 25.2. The van der Waals surface area contributed by atoms with Crippen molar-refractivity contribution < 1.29 is 0 Å². The van der Waals surface area contributed by atoms with E-state index in [1.807, 2.05) is 6.07 Å². The molecule has 7 rings (SSSR count). The van der Waals surface area contributed by atoms with Gasteiger partial charge in [-0.1, -0.05) is 6.92 Å². The quantitative estimate of drug-likeness (QED) is 0.119. The van der Waals surface area contributed by atoms with E-state index in [4.69, 9.17) is 22.9 Å². The Labute approximate surface area is 305 Å². The summed E-state index contributed by atoms with van der Waals surface area (Å²) in [5.41, 5.74) is 22.9.